The molecule has 0 saturated carbocycles. The summed E-state index contributed by atoms with van der Waals surface area (Å²) in [4.78, 5) is 22.4. The molecule has 1 atom stereocenters. The highest BCUT2D eigenvalue weighted by Crippen LogP contribution is 2.47. The van der Waals surface area contributed by atoms with Gasteiger partial charge in [0.15, 0.2) is 0 Å². The van der Waals surface area contributed by atoms with E-state index in [2.05, 4.69) is 0 Å². The summed E-state index contributed by atoms with van der Waals surface area (Å²) in [5, 5.41) is 18.4. The van der Waals surface area contributed by atoms with Crippen molar-refractivity contribution in [2.45, 2.75) is 60.3 Å². The van der Waals surface area contributed by atoms with E-state index < -0.39 is 17.4 Å². The van der Waals surface area contributed by atoms with Crippen LogP contribution in [0.1, 0.15) is 60.3 Å². The van der Waals surface area contributed by atoms with Crippen molar-refractivity contribution < 1.29 is 19.8 Å². The van der Waals surface area contributed by atoms with Gasteiger partial charge in [0.05, 0.1) is 5.41 Å². The van der Waals surface area contributed by atoms with Crippen LogP contribution in [0.5, 0.6) is 0 Å². The second kappa shape index (κ2) is 6.21. The van der Waals surface area contributed by atoms with Crippen molar-refractivity contribution in [3.8, 4) is 0 Å². The Morgan fingerprint density at radius 2 is 1.50 bits per heavy atom. The maximum atomic E-state index is 11.7. The van der Waals surface area contributed by atoms with Gasteiger partial charge in [0.1, 0.15) is 0 Å². The van der Waals surface area contributed by atoms with Gasteiger partial charge < -0.3 is 10.2 Å². The molecule has 0 heterocycles. The van der Waals surface area contributed by atoms with Gasteiger partial charge in [-0.3, -0.25) is 9.59 Å². The predicted octanol–water partition coefficient (Wildman–Crippen LogP) is 3.40. The lowest BCUT2D eigenvalue weighted by Gasteiger charge is -2.43. The van der Waals surface area contributed by atoms with Crippen LogP contribution in [0.4, 0.5) is 0 Å². The molecule has 4 nitrogen and oxygen atoms in total. The summed E-state index contributed by atoms with van der Waals surface area (Å²) in [5.74, 6) is -1.82. The Kier molecular flexibility index (Phi) is 5.84. The van der Waals surface area contributed by atoms with E-state index >= 15 is 0 Å². The highest BCUT2D eigenvalue weighted by atomic mass is 16.4. The molecule has 0 aromatic heterocycles. The summed E-state index contributed by atoms with van der Waals surface area (Å²) < 4.78 is 0. The first-order valence-corrected chi connectivity index (χ1v) is 6.57. The minimum absolute atomic E-state index is 0.0248. The predicted molar refractivity (Wildman–Crippen MR) is 70.5 cm³/mol. The second-order valence-corrected chi connectivity index (χ2v) is 6.02. The van der Waals surface area contributed by atoms with Crippen LogP contribution in [0.2, 0.25) is 0 Å². The van der Waals surface area contributed by atoms with Crippen LogP contribution in [0.3, 0.4) is 0 Å². The molecule has 0 aromatic rings. The maximum Gasteiger partial charge on any atom is 0.309 e. The Labute approximate surface area is 109 Å². The molecule has 18 heavy (non-hydrogen) atoms. The first-order chi connectivity index (χ1) is 8.11. The Morgan fingerprint density at radius 3 is 1.72 bits per heavy atom. The Bertz CT molecular complexity index is 297. The minimum Gasteiger partial charge on any atom is -0.481 e. The zero-order valence-corrected chi connectivity index (χ0v) is 12.1. The molecular formula is C14H26O4. The summed E-state index contributed by atoms with van der Waals surface area (Å²) >= 11 is 0. The Morgan fingerprint density at radius 1 is 1.06 bits per heavy atom. The summed E-state index contributed by atoms with van der Waals surface area (Å²) in [5.41, 5.74) is -1.05. The van der Waals surface area contributed by atoms with E-state index in [0.29, 0.717) is 19.3 Å². The van der Waals surface area contributed by atoms with Crippen molar-refractivity contribution in [3.05, 3.63) is 0 Å². The highest BCUT2D eigenvalue weighted by Gasteiger charge is 2.47. The number of aliphatic carboxylic acids is 2. The van der Waals surface area contributed by atoms with Crippen LogP contribution in [0.25, 0.3) is 0 Å². The maximum absolute atomic E-state index is 11.7. The van der Waals surface area contributed by atoms with Crippen LogP contribution in [0.15, 0.2) is 0 Å². The zero-order valence-electron chi connectivity index (χ0n) is 12.1. The number of carboxylic acids is 2. The lowest BCUT2D eigenvalue weighted by atomic mass is 9.60. The van der Waals surface area contributed by atoms with Crippen LogP contribution in [-0.4, -0.2) is 22.2 Å². The first-order valence-electron chi connectivity index (χ1n) is 6.57. The van der Waals surface area contributed by atoms with E-state index in [1.807, 2.05) is 34.6 Å². The molecule has 0 aliphatic rings. The molecule has 1 unspecified atom stereocenters. The van der Waals surface area contributed by atoms with Gasteiger partial charge in [-0.05, 0) is 30.6 Å². The molecule has 0 radical (unpaired) electrons. The van der Waals surface area contributed by atoms with Gasteiger partial charge in [-0.1, -0.05) is 34.6 Å². The largest absolute Gasteiger partial charge is 0.481 e. The number of carboxylic acid groups (broad SMARTS) is 2. The van der Waals surface area contributed by atoms with Crippen molar-refractivity contribution in [3.63, 3.8) is 0 Å². The van der Waals surface area contributed by atoms with Gasteiger partial charge in [0, 0.05) is 6.42 Å². The molecule has 0 spiro atoms. The normalized spacial score (nSPS) is 14.3. The molecule has 0 rings (SSSR count). The Hall–Kier alpha value is -1.06. The van der Waals surface area contributed by atoms with Crippen molar-refractivity contribution in [1.82, 2.24) is 0 Å². The fraction of sp³-hybridized carbons (Fsp3) is 0.857. The van der Waals surface area contributed by atoms with Crippen molar-refractivity contribution in [2.75, 3.05) is 0 Å². The van der Waals surface area contributed by atoms with Crippen LogP contribution in [0, 0.1) is 16.7 Å². The topological polar surface area (TPSA) is 74.6 Å². The molecule has 0 fully saturated rings. The molecule has 4 heteroatoms. The third-order valence-electron chi connectivity index (χ3n) is 4.05. The van der Waals surface area contributed by atoms with Crippen LogP contribution in [-0.2, 0) is 9.59 Å². The van der Waals surface area contributed by atoms with Crippen LogP contribution < -0.4 is 0 Å². The van der Waals surface area contributed by atoms with Gasteiger partial charge in [0.2, 0.25) is 0 Å². The number of rotatable bonds is 7. The second-order valence-electron chi connectivity index (χ2n) is 6.02. The molecule has 0 saturated heterocycles. The van der Waals surface area contributed by atoms with E-state index in [4.69, 9.17) is 5.11 Å². The molecule has 0 bridgehead atoms. The van der Waals surface area contributed by atoms with Crippen molar-refractivity contribution in [1.29, 1.82) is 0 Å². The molecule has 106 valence electrons. The minimum atomic E-state index is -0.865. The first kappa shape index (κ1) is 16.9. The molecule has 0 aliphatic carbocycles. The monoisotopic (exact) mass is 258 g/mol. The van der Waals surface area contributed by atoms with E-state index in [9.17, 15) is 14.7 Å². The number of hydrogen-bond donors (Lipinski definition) is 2. The fourth-order valence-corrected chi connectivity index (χ4v) is 3.00. The van der Waals surface area contributed by atoms with E-state index in [-0.39, 0.29) is 17.8 Å². The summed E-state index contributed by atoms with van der Waals surface area (Å²) in [6.45, 7) is 9.71. The molecule has 0 amide bonds. The van der Waals surface area contributed by atoms with Gasteiger partial charge in [-0.2, -0.15) is 0 Å². The number of carbonyl (C=O) groups is 2. The van der Waals surface area contributed by atoms with E-state index in [1.165, 1.54) is 0 Å². The average Bonchev–Trinajstić information content (AvgIpc) is 2.21. The molecule has 0 aromatic carbocycles. The van der Waals surface area contributed by atoms with E-state index in [1.54, 1.807) is 0 Å². The average molecular weight is 258 g/mol. The quantitative estimate of drug-likeness (QED) is 0.734. The fourth-order valence-electron chi connectivity index (χ4n) is 3.00. The van der Waals surface area contributed by atoms with Gasteiger partial charge in [-0.15, -0.1) is 0 Å². The van der Waals surface area contributed by atoms with Crippen molar-refractivity contribution >= 4 is 11.9 Å². The smallest absolute Gasteiger partial charge is 0.309 e. The highest BCUT2D eigenvalue weighted by molar-refractivity contribution is 5.75. The zero-order chi connectivity index (χ0) is 14.6. The summed E-state index contributed by atoms with van der Waals surface area (Å²) in [6, 6.07) is 0. The summed E-state index contributed by atoms with van der Waals surface area (Å²) in [6.07, 6.45) is 1.49. The van der Waals surface area contributed by atoms with Gasteiger partial charge in [-0.25, -0.2) is 0 Å². The van der Waals surface area contributed by atoms with Crippen LogP contribution >= 0.6 is 0 Å². The SMILES string of the molecule is CCC(CC)(C(=O)O)C(CCC(=O)O)C(C)(C)C. The van der Waals surface area contributed by atoms with Crippen molar-refractivity contribution in [2.24, 2.45) is 16.7 Å². The molecule has 0 aliphatic heterocycles. The lowest BCUT2D eigenvalue weighted by molar-refractivity contribution is -0.158. The lowest BCUT2D eigenvalue weighted by Crippen LogP contribution is -2.44. The third kappa shape index (κ3) is 3.72. The third-order valence-corrected chi connectivity index (χ3v) is 4.05. The van der Waals surface area contributed by atoms with E-state index in [0.717, 1.165) is 0 Å². The van der Waals surface area contributed by atoms with Gasteiger partial charge >= 0.3 is 11.9 Å². The summed E-state index contributed by atoms with van der Waals surface area (Å²) in [7, 11) is 0. The van der Waals surface area contributed by atoms with Gasteiger partial charge in [0.25, 0.3) is 0 Å². The molecule has 2 N–H and O–H groups in total. The molecular weight excluding hydrogens is 232 g/mol. The standard InChI is InChI=1S/C14H26O4/c1-6-14(7-2,12(17)18)10(13(3,4)5)8-9-11(15)16/h10H,6-9H2,1-5H3,(H,15,16)(H,17,18). The Balaban J connectivity index is 5.37. The number of hydrogen-bond acceptors (Lipinski definition) is 2.